The largest absolute Gasteiger partial charge is 0.389 e. The van der Waals surface area contributed by atoms with Crippen LogP contribution in [0.3, 0.4) is 0 Å². The summed E-state index contributed by atoms with van der Waals surface area (Å²) in [7, 11) is 2.01. The van der Waals surface area contributed by atoms with E-state index in [9.17, 15) is 9.50 Å². The first kappa shape index (κ1) is 16.4. The van der Waals surface area contributed by atoms with E-state index in [1.54, 1.807) is 13.0 Å². The Morgan fingerprint density at radius 3 is 2.67 bits per heavy atom. The maximum absolute atomic E-state index is 13.6. The Balaban J connectivity index is 1.82. The summed E-state index contributed by atoms with van der Waals surface area (Å²) in [5.41, 5.74) is 7.11. The van der Waals surface area contributed by atoms with Crippen molar-refractivity contribution >= 4 is 0 Å². The highest BCUT2D eigenvalue weighted by Crippen LogP contribution is 2.30. The third-order valence-electron chi connectivity index (χ3n) is 4.54. The van der Waals surface area contributed by atoms with Gasteiger partial charge in [-0.25, -0.2) is 4.39 Å². The van der Waals surface area contributed by atoms with E-state index in [0.717, 1.165) is 44.2 Å². The van der Waals surface area contributed by atoms with Gasteiger partial charge in [-0.3, -0.25) is 0 Å². The highest BCUT2D eigenvalue weighted by Gasteiger charge is 2.32. The van der Waals surface area contributed by atoms with Crippen molar-refractivity contribution in [1.29, 1.82) is 0 Å². The number of aliphatic hydroxyl groups is 1. The van der Waals surface area contributed by atoms with E-state index in [0.29, 0.717) is 12.1 Å². The van der Waals surface area contributed by atoms with Gasteiger partial charge >= 0.3 is 0 Å². The van der Waals surface area contributed by atoms with Gasteiger partial charge in [0.25, 0.3) is 0 Å². The Morgan fingerprint density at radius 1 is 1.38 bits per heavy atom. The summed E-state index contributed by atoms with van der Waals surface area (Å²) in [5, 5.41) is 10.4. The van der Waals surface area contributed by atoms with Crippen molar-refractivity contribution in [3.63, 3.8) is 0 Å². The highest BCUT2D eigenvalue weighted by atomic mass is 19.1. The molecule has 1 saturated carbocycles. The lowest BCUT2D eigenvalue weighted by Crippen LogP contribution is -2.40. The Morgan fingerprint density at radius 2 is 2.05 bits per heavy atom. The number of aryl methyl sites for hydroxylation is 1. The number of halogens is 1. The predicted molar refractivity (Wildman–Crippen MR) is 83.6 cm³/mol. The first-order valence-electron chi connectivity index (χ1n) is 7.82. The molecule has 3 nitrogen and oxygen atoms in total. The van der Waals surface area contributed by atoms with Crippen LogP contribution >= 0.6 is 0 Å². The monoisotopic (exact) mass is 294 g/mol. The molecule has 1 aliphatic rings. The third-order valence-corrected chi connectivity index (χ3v) is 4.54. The molecule has 4 heteroatoms. The second-order valence-electron chi connectivity index (χ2n) is 6.57. The van der Waals surface area contributed by atoms with Gasteiger partial charge in [-0.05, 0) is 57.0 Å². The fourth-order valence-corrected chi connectivity index (χ4v) is 3.14. The minimum absolute atomic E-state index is 0.166. The van der Waals surface area contributed by atoms with Gasteiger partial charge in [0.15, 0.2) is 0 Å². The molecule has 0 aromatic heterocycles. The summed E-state index contributed by atoms with van der Waals surface area (Å²) in [6.45, 7) is 3.25. The van der Waals surface area contributed by atoms with Crippen LogP contribution < -0.4 is 5.73 Å². The number of hydrogen-bond acceptors (Lipinski definition) is 3. The molecule has 0 aliphatic heterocycles. The number of nitrogens with zero attached hydrogens (tertiary/aromatic N) is 1. The van der Waals surface area contributed by atoms with E-state index in [1.165, 1.54) is 6.07 Å². The topological polar surface area (TPSA) is 49.5 Å². The molecule has 21 heavy (non-hydrogen) atoms. The minimum atomic E-state index is -0.519. The van der Waals surface area contributed by atoms with Crippen LogP contribution in [0.1, 0.15) is 49.3 Å². The van der Waals surface area contributed by atoms with Gasteiger partial charge in [-0.1, -0.05) is 25.0 Å². The zero-order chi connectivity index (χ0) is 15.5. The maximum atomic E-state index is 13.6. The lowest BCUT2D eigenvalue weighted by atomic mass is 10.0. The van der Waals surface area contributed by atoms with Gasteiger partial charge in [0, 0.05) is 12.6 Å². The van der Waals surface area contributed by atoms with Crippen molar-refractivity contribution in [3.8, 4) is 0 Å². The van der Waals surface area contributed by atoms with Gasteiger partial charge in [-0.2, -0.15) is 0 Å². The average Bonchev–Trinajstić information content (AvgIpc) is 2.85. The van der Waals surface area contributed by atoms with Gasteiger partial charge in [0.1, 0.15) is 5.82 Å². The summed E-state index contributed by atoms with van der Waals surface area (Å²) in [6, 6.07) is 5.04. The van der Waals surface area contributed by atoms with E-state index in [1.807, 2.05) is 13.1 Å². The molecule has 118 valence electrons. The fraction of sp³-hybridized carbons (Fsp3) is 0.647. The second-order valence-corrected chi connectivity index (χ2v) is 6.57. The van der Waals surface area contributed by atoms with E-state index in [-0.39, 0.29) is 11.9 Å². The summed E-state index contributed by atoms with van der Waals surface area (Å²) in [5.74, 6) is -0.198. The van der Waals surface area contributed by atoms with E-state index < -0.39 is 5.60 Å². The fourth-order valence-electron chi connectivity index (χ4n) is 3.14. The Hall–Kier alpha value is -0.970. The molecule has 1 atom stereocenters. The lowest BCUT2D eigenvalue weighted by molar-refractivity contribution is 0.0158. The predicted octanol–water partition coefficient (Wildman–Crippen LogP) is 2.76. The molecule has 0 spiro atoms. The van der Waals surface area contributed by atoms with Crippen LogP contribution in [0.15, 0.2) is 18.2 Å². The van der Waals surface area contributed by atoms with Gasteiger partial charge in [-0.15, -0.1) is 0 Å². The zero-order valence-corrected chi connectivity index (χ0v) is 13.1. The van der Waals surface area contributed by atoms with E-state index in [2.05, 4.69) is 4.90 Å². The summed E-state index contributed by atoms with van der Waals surface area (Å²) < 4.78 is 13.6. The van der Waals surface area contributed by atoms with E-state index in [4.69, 9.17) is 5.73 Å². The quantitative estimate of drug-likeness (QED) is 0.848. The molecule has 1 aliphatic carbocycles. The van der Waals surface area contributed by atoms with Crippen LogP contribution in [0.2, 0.25) is 0 Å². The average molecular weight is 294 g/mol. The Bertz CT molecular complexity index is 472. The van der Waals surface area contributed by atoms with Crippen molar-refractivity contribution < 1.29 is 9.50 Å². The molecule has 0 amide bonds. The summed E-state index contributed by atoms with van der Waals surface area (Å²) in [4.78, 5) is 2.13. The second kappa shape index (κ2) is 6.86. The van der Waals surface area contributed by atoms with Crippen molar-refractivity contribution in [2.24, 2.45) is 5.73 Å². The zero-order valence-electron chi connectivity index (χ0n) is 13.1. The molecule has 2 rings (SSSR count). The van der Waals surface area contributed by atoms with Crippen LogP contribution in [-0.4, -0.2) is 35.7 Å². The number of rotatable bonds is 6. The molecular weight excluding hydrogens is 267 g/mol. The van der Waals surface area contributed by atoms with Gasteiger partial charge in [0.05, 0.1) is 5.60 Å². The van der Waals surface area contributed by atoms with Crippen LogP contribution in [0, 0.1) is 12.7 Å². The molecule has 0 bridgehead atoms. The normalized spacial score (nSPS) is 19.1. The summed E-state index contributed by atoms with van der Waals surface area (Å²) in [6.07, 6.45) is 4.78. The van der Waals surface area contributed by atoms with Gasteiger partial charge < -0.3 is 15.7 Å². The first-order chi connectivity index (χ1) is 9.89. The van der Waals surface area contributed by atoms with E-state index >= 15 is 0 Å². The maximum Gasteiger partial charge on any atom is 0.126 e. The smallest absolute Gasteiger partial charge is 0.126 e. The number of hydrogen-bond donors (Lipinski definition) is 2. The molecule has 1 unspecified atom stereocenters. The van der Waals surface area contributed by atoms with Crippen LogP contribution in [0.25, 0.3) is 0 Å². The van der Waals surface area contributed by atoms with Crippen LogP contribution in [0.5, 0.6) is 0 Å². The first-order valence-corrected chi connectivity index (χ1v) is 7.82. The number of nitrogens with two attached hydrogens (primary N) is 1. The third kappa shape index (κ3) is 4.50. The molecule has 1 aromatic carbocycles. The number of likely N-dealkylation sites (N-methyl/N-ethyl adjacent to an activating group) is 1. The van der Waals surface area contributed by atoms with Crippen LogP contribution in [-0.2, 0) is 0 Å². The van der Waals surface area contributed by atoms with Crippen molar-refractivity contribution in [3.05, 3.63) is 35.1 Å². The lowest BCUT2D eigenvalue weighted by Gasteiger charge is -2.29. The molecule has 3 N–H and O–H groups in total. The Kier molecular flexibility index (Phi) is 5.36. The minimum Gasteiger partial charge on any atom is -0.389 e. The molecule has 0 saturated heterocycles. The Labute approximate surface area is 126 Å². The molecule has 1 aromatic rings. The van der Waals surface area contributed by atoms with Gasteiger partial charge in [0.2, 0.25) is 0 Å². The number of benzene rings is 1. The summed E-state index contributed by atoms with van der Waals surface area (Å²) >= 11 is 0. The molecule has 0 radical (unpaired) electrons. The van der Waals surface area contributed by atoms with Crippen molar-refractivity contribution in [1.82, 2.24) is 4.90 Å². The molecule has 1 fully saturated rings. The van der Waals surface area contributed by atoms with Crippen molar-refractivity contribution in [2.45, 2.75) is 50.7 Å². The van der Waals surface area contributed by atoms with Crippen molar-refractivity contribution in [2.75, 3.05) is 20.1 Å². The standard InChI is InChI=1S/C17H27FN2O/c1-13-5-6-14(11-15(13)18)16(19)7-10-20(2)12-17(21)8-3-4-9-17/h5-6,11,16,21H,3-4,7-10,12,19H2,1-2H3. The highest BCUT2D eigenvalue weighted by molar-refractivity contribution is 5.25. The van der Waals surface area contributed by atoms with Crippen LogP contribution in [0.4, 0.5) is 4.39 Å². The SMILES string of the molecule is Cc1ccc(C(N)CCN(C)CC2(O)CCCC2)cc1F. The molecular formula is C17H27FN2O. The molecule has 0 heterocycles.